The molecule has 4 aromatic rings. The van der Waals surface area contributed by atoms with Gasteiger partial charge in [-0.05, 0) is 109 Å². The van der Waals surface area contributed by atoms with Gasteiger partial charge in [0.1, 0.15) is 5.92 Å². The molecule has 0 fully saturated rings. The van der Waals surface area contributed by atoms with Crippen molar-refractivity contribution < 1.29 is 32.7 Å². The third-order valence-electron chi connectivity index (χ3n) is 7.92. The third-order valence-corrected chi connectivity index (χ3v) is 7.92. The molecule has 0 aliphatic heterocycles. The van der Waals surface area contributed by atoms with Gasteiger partial charge in [0.15, 0.2) is 0 Å². The van der Waals surface area contributed by atoms with Gasteiger partial charge < -0.3 is 15.7 Å². The lowest BCUT2D eigenvalue weighted by Crippen LogP contribution is -2.23. The molecule has 0 radical (unpaired) electrons. The van der Waals surface area contributed by atoms with Crippen LogP contribution in [-0.2, 0) is 0 Å². The summed E-state index contributed by atoms with van der Waals surface area (Å²) in [6, 6.07) is 16.9. The number of hydrogen-bond acceptors (Lipinski definition) is 3. The van der Waals surface area contributed by atoms with E-state index in [1.54, 1.807) is 70.2 Å². The molecule has 4 rings (SSSR count). The first-order valence-electron chi connectivity index (χ1n) is 13.9. The first kappa shape index (κ1) is 32.0. The van der Waals surface area contributed by atoms with E-state index >= 15 is 0 Å². The molecule has 4 aromatic carbocycles. The maximum atomic E-state index is 14.5. The van der Waals surface area contributed by atoms with Crippen molar-refractivity contribution in [1.82, 2.24) is 5.32 Å². The number of aromatic carboxylic acids is 1. The van der Waals surface area contributed by atoms with Crippen molar-refractivity contribution in [3.8, 4) is 11.1 Å². The average Bonchev–Trinajstić information content (AvgIpc) is 2.96. The minimum Gasteiger partial charge on any atom is -0.478 e. The van der Waals surface area contributed by atoms with E-state index in [1.807, 2.05) is 6.92 Å². The molecular formula is C35H33F3N2O4. The van der Waals surface area contributed by atoms with Gasteiger partial charge in [0, 0.05) is 18.3 Å². The van der Waals surface area contributed by atoms with Crippen LogP contribution in [0.15, 0.2) is 66.7 Å². The number of amides is 2. The Labute approximate surface area is 253 Å². The van der Waals surface area contributed by atoms with Crippen LogP contribution in [0.25, 0.3) is 11.1 Å². The summed E-state index contributed by atoms with van der Waals surface area (Å²) in [6.45, 7) is 8.64. The number of carboxylic acid groups (broad SMARTS) is 1. The molecule has 0 saturated carbocycles. The highest BCUT2D eigenvalue weighted by atomic mass is 19.4. The summed E-state index contributed by atoms with van der Waals surface area (Å²) in [5.41, 5.74) is 4.83. The van der Waals surface area contributed by atoms with E-state index in [-0.39, 0.29) is 28.2 Å². The van der Waals surface area contributed by atoms with Gasteiger partial charge in [-0.2, -0.15) is 13.2 Å². The zero-order valence-corrected chi connectivity index (χ0v) is 25.2. The monoisotopic (exact) mass is 602 g/mol. The summed E-state index contributed by atoms with van der Waals surface area (Å²) in [5.74, 6) is -4.23. The highest BCUT2D eigenvalue weighted by Crippen LogP contribution is 2.42. The van der Waals surface area contributed by atoms with Crippen molar-refractivity contribution >= 4 is 23.5 Å². The zero-order chi connectivity index (χ0) is 32.5. The maximum Gasteiger partial charge on any atom is 0.399 e. The van der Waals surface area contributed by atoms with Gasteiger partial charge in [-0.25, -0.2) is 4.79 Å². The maximum absolute atomic E-state index is 14.5. The van der Waals surface area contributed by atoms with E-state index in [0.717, 1.165) is 16.7 Å². The molecule has 2 amide bonds. The number of carbonyl (C=O) groups is 3. The molecular weight excluding hydrogens is 569 g/mol. The molecule has 0 heterocycles. The van der Waals surface area contributed by atoms with Crippen molar-refractivity contribution in [3.05, 3.63) is 122 Å². The van der Waals surface area contributed by atoms with Gasteiger partial charge in [0.25, 0.3) is 11.8 Å². The minimum atomic E-state index is -4.57. The number of hydrogen-bond donors (Lipinski definition) is 3. The van der Waals surface area contributed by atoms with Crippen LogP contribution in [0.2, 0.25) is 0 Å². The van der Waals surface area contributed by atoms with Gasteiger partial charge in [-0.1, -0.05) is 42.5 Å². The number of carbonyl (C=O) groups excluding carboxylic acids is 2. The van der Waals surface area contributed by atoms with Crippen LogP contribution in [0, 0.1) is 34.6 Å². The summed E-state index contributed by atoms with van der Waals surface area (Å²) >= 11 is 0. The van der Waals surface area contributed by atoms with Crippen molar-refractivity contribution in [2.75, 3.05) is 12.4 Å². The van der Waals surface area contributed by atoms with E-state index in [0.29, 0.717) is 33.5 Å². The molecule has 1 unspecified atom stereocenters. The van der Waals surface area contributed by atoms with E-state index < -0.39 is 24.0 Å². The lowest BCUT2D eigenvalue weighted by atomic mass is 9.85. The summed E-state index contributed by atoms with van der Waals surface area (Å²) in [4.78, 5) is 37.7. The number of rotatable bonds is 7. The Morgan fingerprint density at radius 1 is 0.705 bits per heavy atom. The average molecular weight is 603 g/mol. The van der Waals surface area contributed by atoms with Crippen molar-refractivity contribution in [2.24, 2.45) is 0 Å². The topological polar surface area (TPSA) is 95.5 Å². The van der Waals surface area contributed by atoms with E-state index in [4.69, 9.17) is 0 Å². The molecule has 6 nitrogen and oxygen atoms in total. The minimum absolute atomic E-state index is 0.0392. The van der Waals surface area contributed by atoms with Crippen LogP contribution in [0.4, 0.5) is 18.9 Å². The zero-order valence-electron chi connectivity index (χ0n) is 25.2. The molecule has 0 aromatic heterocycles. The highest BCUT2D eigenvalue weighted by molar-refractivity contribution is 6.12. The number of benzene rings is 4. The Balaban J connectivity index is 1.74. The second-order valence-electron chi connectivity index (χ2n) is 11.0. The Morgan fingerprint density at radius 3 is 1.77 bits per heavy atom. The van der Waals surface area contributed by atoms with Crippen molar-refractivity contribution in [2.45, 2.75) is 46.7 Å². The second kappa shape index (κ2) is 12.4. The number of nitrogens with one attached hydrogen (secondary N) is 2. The standard InChI is InChI=1S/C35H33F3N2O4/c1-18-12-26(13-19(2)22(18)5)30(35(36,37)38)27-14-20(3)31(21(4)15-27)40-33(42)29-17-24(10-11-28(29)34(43)44)23-8-7-9-25(16-23)32(41)39-6/h7-17,30H,1-6H3,(H,39,41)(H,40,42)(H,43,44). The predicted molar refractivity (Wildman–Crippen MR) is 165 cm³/mol. The molecule has 9 heteroatoms. The van der Waals surface area contributed by atoms with Crippen LogP contribution in [0.1, 0.15) is 75.9 Å². The lowest BCUT2D eigenvalue weighted by molar-refractivity contribution is -0.141. The fraction of sp³-hybridized carbons (Fsp3) is 0.229. The number of anilines is 1. The molecule has 0 bridgehead atoms. The highest BCUT2D eigenvalue weighted by Gasteiger charge is 2.42. The molecule has 228 valence electrons. The molecule has 44 heavy (non-hydrogen) atoms. The fourth-order valence-electron chi connectivity index (χ4n) is 5.43. The third kappa shape index (κ3) is 6.51. The molecule has 0 saturated heterocycles. The normalized spacial score (nSPS) is 12.0. The Kier molecular flexibility index (Phi) is 8.99. The van der Waals surface area contributed by atoms with Crippen molar-refractivity contribution in [1.29, 1.82) is 0 Å². The van der Waals surface area contributed by atoms with Crippen LogP contribution >= 0.6 is 0 Å². The second-order valence-corrected chi connectivity index (χ2v) is 11.0. The van der Waals surface area contributed by atoms with Gasteiger partial charge >= 0.3 is 12.1 Å². The number of carboxylic acids is 1. The molecule has 3 N–H and O–H groups in total. The van der Waals surface area contributed by atoms with Crippen LogP contribution in [0.5, 0.6) is 0 Å². The predicted octanol–water partition coefficient (Wildman–Crippen LogP) is 7.90. The Hall–Kier alpha value is -4.92. The quantitative estimate of drug-likeness (QED) is 0.200. The molecule has 0 aliphatic rings. The summed E-state index contributed by atoms with van der Waals surface area (Å²) in [7, 11) is 1.50. The van der Waals surface area contributed by atoms with Gasteiger partial charge in [0.2, 0.25) is 0 Å². The first-order chi connectivity index (χ1) is 20.6. The Morgan fingerprint density at radius 2 is 1.25 bits per heavy atom. The summed E-state index contributed by atoms with van der Waals surface area (Å²) in [6.07, 6.45) is -4.57. The summed E-state index contributed by atoms with van der Waals surface area (Å²) < 4.78 is 43.5. The van der Waals surface area contributed by atoms with E-state index in [9.17, 15) is 32.7 Å². The smallest absolute Gasteiger partial charge is 0.399 e. The Bertz CT molecular complexity index is 1750. The first-order valence-corrected chi connectivity index (χ1v) is 13.9. The summed E-state index contributed by atoms with van der Waals surface area (Å²) in [5, 5.41) is 15.1. The van der Waals surface area contributed by atoms with E-state index in [1.165, 1.54) is 31.3 Å². The largest absolute Gasteiger partial charge is 0.478 e. The SMILES string of the molecule is CNC(=O)c1cccc(-c2ccc(C(=O)O)c(C(=O)Nc3c(C)cc(C(c4cc(C)c(C)c(C)c4)C(F)(F)F)cc3C)c2)c1. The van der Waals surface area contributed by atoms with Gasteiger partial charge in [-0.3, -0.25) is 9.59 Å². The van der Waals surface area contributed by atoms with E-state index in [2.05, 4.69) is 10.6 Å². The van der Waals surface area contributed by atoms with Gasteiger partial charge in [-0.15, -0.1) is 0 Å². The van der Waals surface area contributed by atoms with Crippen LogP contribution in [0.3, 0.4) is 0 Å². The number of aryl methyl sites for hydroxylation is 4. The van der Waals surface area contributed by atoms with Gasteiger partial charge in [0.05, 0.1) is 11.1 Å². The molecule has 0 aliphatic carbocycles. The number of alkyl halides is 3. The molecule has 0 spiro atoms. The van der Waals surface area contributed by atoms with Crippen LogP contribution < -0.4 is 10.6 Å². The molecule has 1 atom stereocenters. The fourth-order valence-corrected chi connectivity index (χ4v) is 5.43. The number of halogens is 3. The van der Waals surface area contributed by atoms with Crippen molar-refractivity contribution in [3.63, 3.8) is 0 Å². The van der Waals surface area contributed by atoms with Crippen LogP contribution in [-0.4, -0.2) is 36.1 Å². The lowest BCUT2D eigenvalue weighted by Gasteiger charge is -2.25.